The number of anilines is 1. The summed E-state index contributed by atoms with van der Waals surface area (Å²) in [6.45, 7) is 0.716. The molecule has 0 spiro atoms. The third-order valence-electron chi connectivity index (χ3n) is 3.31. The molecule has 18 heavy (non-hydrogen) atoms. The number of nitrogens with one attached hydrogen (secondary N) is 1. The van der Waals surface area contributed by atoms with Crippen LogP contribution in [0.1, 0.15) is 30.5 Å². The van der Waals surface area contributed by atoms with Crippen LogP contribution >= 0.6 is 0 Å². The molecule has 5 heteroatoms. The lowest BCUT2D eigenvalue weighted by Crippen LogP contribution is -2.28. The number of hydrogen-bond donors (Lipinski definition) is 2. The van der Waals surface area contributed by atoms with E-state index < -0.39 is 0 Å². The zero-order valence-electron chi connectivity index (χ0n) is 10.9. The topological polar surface area (TPSA) is 67.3 Å². The van der Waals surface area contributed by atoms with Gasteiger partial charge in [0.25, 0.3) is 0 Å². The average molecular weight is 251 g/mol. The van der Waals surface area contributed by atoms with E-state index in [0.717, 1.165) is 18.7 Å². The Morgan fingerprint density at radius 1 is 1.39 bits per heavy atom. The van der Waals surface area contributed by atoms with E-state index >= 15 is 0 Å². The van der Waals surface area contributed by atoms with Crippen LogP contribution in [0.3, 0.4) is 0 Å². The standard InChI is InChI=1S/C13H21N3O2/c1-18-8-10(6-7-17)16-13-11-4-2-3-5-12(11)14-9-15-13/h9-10,17H,2-8H2,1H3,(H,14,15,16). The van der Waals surface area contributed by atoms with Crippen LogP contribution in [-0.2, 0) is 17.6 Å². The largest absolute Gasteiger partial charge is 0.396 e. The van der Waals surface area contributed by atoms with Crippen LogP contribution in [0.15, 0.2) is 6.33 Å². The molecule has 0 saturated carbocycles. The summed E-state index contributed by atoms with van der Waals surface area (Å²) in [6.07, 6.45) is 6.77. The quantitative estimate of drug-likeness (QED) is 0.794. The minimum Gasteiger partial charge on any atom is -0.396 e. The number of methoxy groups -OCH3 is 1. The molecule has 0 amide bonds. The molecule has 0 radical (unpaired) electrons. The Morgan fingerprint density at radius 2 is 2.22 bits per heavy atom. The Hall–Kier alpha value is -1.20. The molecule has 0 saturated heterocycles. The number of ether oxygens (including phenoxy) is 1. The van der Waals surface area contributed by atoms with Crippen molar-refractivity contribution in [1.82, 2.24) is 9.97 Å². The lowest BCUT2D eigenvalue weighted by atomic mass is 9.96. The molecule has 0 aromatic carbocycles. The number of hydrogen-bond acceptors (Lipinski definition) is 5. The van der Waals surface area contributed by atoms with E-state index in [9.17, 15) is 0 Å². The van der Waals surface area contributed by atoms with Gasteiger partial charge in [-0.3, -0.25) is 0 Å². The van der Waals surface area contributed by atoms with E-state index in [4.69, 9.17) is 9.84 Å². The highest BCUT2D eigenvalue weighted by molar-refractivity contribution is 5.47. The molecule has 100 valence electrons. The maximum absolute atomic E-state index is 9.05. The Labute approximate surface area is 108 Å². The fraction of sp³-hybridized carbons (Fsp3) is 0.692. The third-order valence-corrected chi connectivity index (χ3v) is 3.31. The molecule has 1 aliphatic rings. The van der Waals surface area contributed by atoms with E-state index in [0.29, 0.717) is 13.0 Å². The van der Waals surface area contributed by atoms with Gasteiger partial charge in [0, 0.05) is 25.0 Å². The second-order valence-corrected chi connectivity index (χ2v) is 4.66. The van der Waals surface area contributed by atoms with Gasteiger partial charge in [0.15, 0.2) is 0 Å². The van der Waals surface area contributed by atoms with Crippen molar-refractivity contribution in [3.05, 3.63) is 17.6 Å². The summed E-state index contributed by atoms with van der Waals surface area (Å²) in [5.41, 5.74) is 2.40. The molecule has 0 aliphatic heterocycles. The fourth-order valence-corrected chi connectivity index (χ4v) is 2.39. The van der Waals surface area contributed by atoms with E-state index in [1.54, 1.807) is 13.4 Å². The van der Waals surface area contributed by atoms with Crippen LogP contribution in [0, 0.1) is 0 Å². The van der Waals surface area contributed by atoms with E-state index in [-0.39, 0.29) is 12.6 Å². The Balaban J connectivity index is 2.12. The van der Waals surface area contributed by atoms with Crippen LogP contribution in [0.25, 0.3) is 0 Å². The normalized spacial score (nSPS) is 16.1. The van der Waals surface area contributed by atoms with Gasteiger partial charge in [-0.1, -0.05) is 0 Å². The number of rotatable bonds is 6. The summed E-state index contributed by atoms with van der Waals surface area (Å²) >= 11 is 0. The highest BCUT2D eigenvalue weighted by Crippen LogP contribution is 2.24. The zero-order chi connectivity index (χ0) is 12.8. The maximum Gasteiger partial charge on any atom is 0.133 e. The van der Waals surface area contributed by atoms with Gasteiger partial charge in [-0.25, -0.2) is 9.97 Å². The van der Waals surface area contributed by atoms with Gasteiger partial charge in [-0.15, -0.1) is 0 Å². The highest BCUT2D eigenvalue weighted by atomic mass is 16.5. The summed E-state index contributed by atoms with van der Waals surface area (Å²) in [5.74, 6) is 0.912. The van der Waals surface area contributed by atoms with Gasteiger partial charge >= 0.3 is 0 Å². The van der Waals surface area contributed by atoms with Crippen molar-refractivity contribution in [2.45, 2.75) is 38.1 Å². The Bertz CT molecular complexity index is 378. The van der Waals surface area contributed by atoms with Gasteiger partial charge in [0.1, 0.15) is 12.1 Å². The summed E-state index contributed by atoms with van der Waals surface area (Å²) < 4.78 is 5.16. The molecular weight excluding hydrogens is 230 g/mol. The number of fused-ring (bicyclic) bond motifs is 1. The SMILES string of the molecule is COCC(CCO)Nc1ncnc2c1CCCC2. The van der Waals surface area contributed by atoms with Crippen LogP contribution in [-0.4, -0.2) is 41.4 Å². The molecule has 5 nitrogen and oxygen atoms in total. The zero-order valence-corrected chi connectivity index (χ0v) is 10.9. The first kappa shape index (κ1) is 13.2. The van der Waals surface area contributed by atoms with Crippen LogP contribution < -0.4 is 5.32 Å². The van der Waals surface area contributed by atoms with Crippen molar-refractivity contribution < 1.29 is 9.84 Å². The van der Waals surface area contributed by atoms with Gasteiger partial charge in [-0.2, -0.15) is 0 Å². The molecule has 1 aliphatic carbocycles. The molecule has 1 aromatic heterocycles. The molecule has 2 N–H and O–H groups in total. The van der Waals surface area contributed by atoms with Crippen LogP contribution in [0.5, 0.6) is 0 Å². The smallest absolute Gasteiger partial charge is 0.133 e. The number of aromatic nitrogens is 2. The van der Waals surface area contributed by atoms with Gasteiger partial charge in [0.2, 0.25) is 0 Å². The van der Waals surface area contributed by atoms with Gasteiger partial charge in [0.05, 0.1) is 12.6 Å². The minimum atomic E-state index is 0.0981. The van der Waals surface area contributed by atoms with Crippen LogP contribution in [0.2, 0.25) is 0 Å². The average Bonchev–Trinajstić information content (AvgIpc) is 2.40. The monoisotopic (exact) mass is 251 g/mol. The van der Waals surface area contributed by atoms with Crippen molar-refractivity contribution in [3.63, 3.8) is 0 Å². The molecule has 1 unspecified atom stereocenters. The van der Waals surface area contributed by atoms with E-state index in [2.05, 4.69) is 15.3 Å². The lowest BCUT2D eigenvalue weighted by Gasteiger charge is -2.22. The molecule has 1 atom stereocenters. The number of aryl methyl sites for hydroxylation is 1. The van der Waals surface area contributed by atoms with Crippen molar-refractivity contribution >= 4 is 5.82 Å². The summed E-state index contributed by atoms with van der Waals surface area (Å²) in [7, 11) is 1.67. The minimum absolute atomic E-state index is 0.0981. The first-order valence-electron chi connectivity index (χ1n) is 6.54. The number of aliphatic hydroxyl groups is 1. The first-order chi connectivity index (χ1) is 8.85. The maximum atomic E-state index is 9.05. The first-order valence-corrected chi connectivity index (χ1v) is 6.54. The Morgan fingerprint density at radius 3 is 3.00 bits per heavy atom. The third kappa shape index (κ3) is 3.17. The van der Waals surface area contributed by atoms with Crippen LogP contribution in [0.4, 0.5) is 5.82 Å². The summed E-state index contributed by atoms with van der Waals surface area (Å²) in [4.78, 5) is 8.68. The molecule has 0 fully saturated rings. The van der Waals surface area contributed by atoms with Crippen molar-refractivity contribution in [2.75, 3.05) is 25.6 Å². The van der Waals surface area contributed by atoms with Crippen molar-refractivity contribution in [2.24, 2.45) is 0 Å². The second-order valence-electron chi connectivity index (χ2n) is 4.66. The molecule has 1 aromatic rings. The second kappa shape index (κ2) is 6.66. The Kier molecular flexibility index (Phi) is 4.90. The summed E-state index contributed by atoms with van der Waals surface area (Å²) in [6, 6.07) is 0.0981. The molecule has 2 rings (SSSR count). The number of nitrogens with zero attached hydrogens (tertiary/aromatic N) is 2. The van der Waals surface area contributed by atoms with Crippen molar-refractivity contribution in [1.29, 1.82) is 0 Å². The molecule has 0 bridgehead atoms. The van der Waals surface area contributed by atoms with Crippen molar-refractivity contribution in [3.8, 4) is 0 Å². The van der Waals surface area contributed by atoms with E-state index in [1.807, 2.05) is 0 Å². The van der Waals surface area contributed by atoms with Gasteiger partial charge < -0.3 is 15.2 Å². The summed E-state index contributed by atoms with van der Waals surface area (Å²) in [5, 5.41) is 12.4. The molecular formula is C13H21N3O2. The molecule has 1 heterocycles. The lowest BCUT2D eigenvalue weighted by molar-refractivity contribution is 0.170. The van der Waals surface area contributed by atoms with Gasteiger partial charge in [-0.05, 0) is 32.1 Å². The number of aliphatic hydroxyl groups excluding tert-OH is 1. The predicted octanol–water partition coefficient (Wildman–Crippen LogP) is 1.16. The highest BCUT2D eigenvalue weighted by Gasteiger charge is 2.17. The van der Waals surface area contributed by atoms with E-state index in [1.165, 1.54) is 24.1 Å². The predicted molar refractivity (Wildman–Crippen MR) is 69.7 cm³/mol. The fourth-order valence-electron chi connectivity index (χ4n) is 2.39.